The summed E-state index contributed by atoms with van der Waals surface area (Å²) in [6.45, 7) is 2.73. The maximum absolute atomic E-state index is 11.3. The zero-order chi connectivity index (χ0) is 13.1. The van der Waals surface area contributed by atoms with E-state index in [4.69, 9.17) is 23.2 Å². The molecule has 0 aromatic heterocycles. The minimum Gasteiger partial charge on any atom is -0.381 e. The lowest BCUT2D eigenvalue weighted by atomic mass is 10.1. The highest BCUT2D eigenvalue weighted by Crippen LogP contribution is 2.24. The standard InChI is InChI=1S/C11H12Cl2N2O2/c1-11(2,17)10(16)15-14-6-7-4-3-5-8(12)9(7)13/h3-6,17H,1-2H3,(H,15,16)/b14-6+. The van der Waals surface area contributed by atoms with Crippen LogP contribution in [0.4, 0.5) is 0 Å². The van der Waals surface area contributed by atoms with Gasteiger partial charge in [0.15, 0.2) is 0 Å². The number of carbonyl (C=O) groups excluding carboxylic acids is 1. The summed E-state index contributed by atoms with van der Waals surface area (Å²) in [5.41, 5.74) is 1.30. The SMILES string of the molecule is CC(C)(O)C(=O)N/N=C/c1cccc(Cl)c1Cl. The second kappa shape index (κ2) is 5.49. The Morgan fingerprint density at radius 2 is 2.12 bits per heavy atom. The van der Waals surface area contributed by atoms with Gasteiger partial charge >= 0.3 is 0 Å². The Bertz CT molecular complexity index is 453. The first-order valence-corrected chi connectivity index (χ1v) is 5.58. The van der Waals surface area contributed by atoms with Crippen LogP contribution < -0.4 is 5.43 Å². The molecule has 0 aliphatic rings. The van der Waals surface area contributed by atoms with Crippen LogP contribution in [0.15, 0.2) is 23.3 Å². The van der Waals surface area contributed by atoms with E-state index in [2.05, 4.69) is 10.5 Å². The van der Waals surface area contributed by atoms with E-state index in [0.717, 1.165) is 0 Å². The minimum atomic E-state index is -1.48. The average molecular weight is 275 g/mol. The van der Waals surface area contributed by atoms with Crippen molar-refractivity contribution in [2.24, 2.45) is 5.10 Å². The molecule has 0 heterocycles. The van der Waals surface area contributed by atoms with E-state index < -0.39 is 11.5 Å². The van der Waals surface area contributed by atoms with Crippen molar-refractivity contribution in [1.29, 1.82) is 0 Å². The second-order valence-electron chi connectivity index (χ2n) is 3.90. The number of hydrazone groups is 1. The summed E-state index contributed by atoms with van der Waals surface area (Å²) in [5.74, 6) is -0.605. The molecule has 17 heavy (non-hydrogen) atoms. The third-order valence-electron chi connectivity index (χ3n) is 1.91. The number of amides is 1. The van der Waals surface area contributed by atoms with Gasteiger partial charge in [-0.2, -0.15) is 5.10 Å². The molecule has 0 saturated carbocycles. The molecule has 2 N–H and O–H groups in total. The predicted octanol–water partition coefficient (Wildman–Crippen LogP) is 2.21. The van der Waals surface area contributed by atoms with Crippen LogP contribution in [0.3, 0.4) is 0 Å². The number of nitrogens with zero attached hydrogens (tertiary/aromatic N) is 1. The average Bonchev–Trinajstić information content (AvgIpc) is 2.22. The van der Waals surface area contributed by atoms with Gasteiger partial charge in [0, 0.05) is 5.56 Å². The summed E-state index contributed by atoms with van der Waals surface area (Å²) in [6, 6.07) is 5.07. The van der Waals surface area contributed by atoms with E-state index in [1.165, 1.54) is 20.1 Å². The molecule has 0 aliphatic carbocycles. The number of nitrogens with one attached hydrogen (secondary N) is 1. The van der Waals surface area contributed by atoms with Crippen molar-refractivity contribution < 1.29 is 9.90 Å². The summed E-state index contributed by atoms with van der Waals surface area (Å²) in [4.78, 5) is 11.3. The van der Waals surface area contributed by atoms with Crippen LogP contribution in [0.1, 0.15) is 19.4 Å². The van der Waals surface area contributed by atoms with Gasteiger partial charge in [0.2, 0.25) is 0 Å². The first-order chi connectivity index (χ1) is 7.82. The molecule has 0 bridgehead atoms. The van der Waals surface area contributed by atoms with Crippen molar-refractivity contribution in [2.75, 3.05) is 0 Å². The number of halogens is 2. The molecule has 1 aromatic carbocycles. The molecule has 6 heteroatoms. The molecular formula is C11H12Cl2N2O2. The fraction of sp³-hybridized carbons (Fsp3) is 0.273. The molecule has 0 spiro atoms. The van der Waals surface area contributed by atoms with Crippen LogP contribution in [-0.2, 0) is 4.79 Å². The third kappa shape index (κ3) is 4.00. The Labute approximate surface area is 109 Å². The molecule has 0 fully saturated rings. The van der Waals surface area contributed by atoms with Crippen LogP contribution in [0.5, 0.6) is 0 Å². The van der Waals surface area contributed by atoms with Gasteiger partial charge in [0.25, 0.3) is 5.91 Å². The van der Waals surface area contributed by atoms with E-state index in [1.807, 2.05) is 0 Å². The molecule has 1 amide bonds. The molecule has 1 rings (SSSR count). The highest BCUT2D eigenvalue weighted by Gasteiger charge is 2.22. The Morgan fingerprint density at radius 3 is 2.71 bits per heavy atom. The Kier molecular flexibility index (Phi) is 4.51. The number of benzene rings is 1. The van der Waals surface area contributed by atoms with Crippen LogP contribution in [0, 0.1) is 0 Å². The molecule has 0 saturated heterocycles. The van der Waals surface area contributed by atoms with Crippen molar-refractivity contribution in [3.63, 3.8) is 0 Å². The minimum absolute atomic E-state index is 0.357. The largest absolute Gasteiger partial charge is 0.381 e. The van der Waals surface area contributed by atoms with E-state index >= 15 is 0 Å². The van der Waals surface area contributed by atoms with Gasteiger partial charge in [-0.15, -0.1) is 0 Å². The molecule has 4 nitrogen and oxygen atoms in total. The molecular weight excluding hydrogens is 263 g/mol. The zero-order valence-corrected chi connectivity index (χ0v) is 10.9. The lowest BCUT2D eigenvalue weighted by Crippen LogP contribution is -2.39. The van der Waals surface area contributed by atoms with Crippen molar-refractivity contribution in [1.82, 2.24) is 5.43 Å². The fourth-order valence-corrected chi connectivity index (χ4v) is 1.27. The number of aliphatic hydroxyl groups is 1. The van der Waals surface area contributed by atoms with Gasteiger partial charge in [-0.05, 0) is 19.9 Å². The number of hydrogen-bond donors (Lipinski definition) is 2. The molecule has 1 aromatic rings. The molecule has 0 radical (unpaired) electrons. The summed E-state index contributed by atoms with van der Waals surface area (Å²) in [7, 11) is 0. The van der Waals surface area contributed by atoms with Crippen LogP contribution in [-0.4, -0.2) is 22.8 Å². The summed E-state index contributed by atoms with van der Waals surface area (Å²) in [6.07, 6.45) is 1.36. The number of rotatable bonds is 3. The monoisotopic (exact) mass is 274 g/mol. The smallest absolute Gasteiger partial charge is 0.271 e. The van der Waals surface area contributed by atoms with Gasteiger partial charge in [-0.3, -0.25) is 4.79 Å². The first kappa shape index (κ1) is 14.0. The van der Waals surface area contributed by atoms with E-state index in [0.29, 0.717) is 15.6 Å². The molecule has 0 atom stereocenters. The van der Waals surface area contributed by atoms with Crippen molar-refractivity contribution in [2.45, 2.75) is 19.4 Å². The maximum atomic E-state index is 11.3. The van der Waals surface area contributed by atoms with Crippen LogP contribution >= 0.6 is 23.2 Å². The molecule has 92 valence electrons. The van der Waals surface area contributed by atoms with E-state index in [1.54, 1.807) is 18.2 Å². The summed E-state index contributed by atoms with van der Waals surface area (Å²) >= 11 is 11.7. The quantitative estimate of drug-likeness (QED) is 0.656. The van der Waals surface area contributed by atoms with Gasteiger partial charge in [-0.25, -0.2) is 5.43 Å². The van der Waals surface area contributed by atoms with Crippen LogP contribution in [0.25, 0.3) is 0 Å². The number of hydrogen-bond acceptors (Lipinski definition) is 3. The highest BCUT2D eigenvalue weighted by molar-refractivity contribution is 6.43. The Hall–Kier alpha value is -1.10. The predicted molar refractivity (Wildman–Crippen MR) is 68.5 cm³/mol. The summed E-state index contributed by atoms with van der Waals surface area (Å²) in [5, 5.41) is 13.8. The molecule has 0 unspecified atom stereocenters. The van der Waals surface area contributed by atoms with Crippen LogP contribution in [0.2, 0.25) is 10.0 Å². The Morgan fingerprint density at radius 1 is 1.47 bits per heavy atom. The van der Waals surface area contributed by atoms with E-state index in [-0.39, 0.29) is 0 Å². The second-order valence-corrected chi connectivity index (χ2v) is 4.69. The lowest BCUT2D eigenvalue weighted by Gasteiger charge is -2.13. The first-order valence-electron chi connectivity index (χ1n) is 4.82. The third-order valence-corrected chi connectivity index (χ3v) is 2.74. The normalized spacial score (nSPS) is 11.8. The topological polar surface area (TPSA) is 61.7 Å². The van der Waals surface area contributed by atoms with Crippen molar-refractivity contribution in [3.8, 4) is 0 Å². The van der Waals surface area contributed by atoms with Gasteiger partial charge in [0.1, 0.15) is 5.60 Å². The van der Waals surface area contributed by atoms with Crippen molar-refractivity contribution >= 4 is 35.3 Å². The Balaban J connectivity index is 2.73. The fourth-order valence-electron chi connectivity index (χ4n) is 0.917. The highest BCUT2D eigenvalue weighted by atomic mass is 35.5. The lowest BCUT2D eigenvalue weighted by molar-refractivity contribution is -0.136. The van der Waals surface area contributed by atoms with Crippen molar-refractivity contribution in [3.05, 3.63) is 33.8 Å². The molecule has 0 aliphatic heterocycles. The zero-order valence-electron chi connectivity index (χ0n) is 9.37. The number of carbonyl (C=O) groups is 1. The van der Waals surface area contributed by atoms with Gasteiger partial charge < -0.3 is 5.11 Å². The van der Waals surface area contributed by atoms with E-state index in [9.17, 15) is 9.90 Å². The van der Waals surface area contributed by atoms with Gasteiger partial charge in [-0.1, -0.05) is 35.3 Å². The maximum Gasteiger partial charge on any atom is 0.271 e. The summed E-state index contributed by atoms with van der Waals surface area (Å²) < 4.78 is 0. The van der Waals surface area contributed by atoms with Gasteiger partial charge in [0.05, 0.1) is 16.3 Å².